The zero-order valence-electron chi connectivity index (χ0n) is 12.8. The van der Waals surface area contributed by atoms with Gasteiger partial charge in [-0.1, -0.05) is 30.3 Å². The van der Waals surface area contributed by atoms with Crippen LogP contribution in [0.25, 0.3) is 0 Å². The predicted molar refractivity (Wildman–Crippen MR) is 88.8 cm³/mol. The van der Waals surface area contributed by atoms with Gasteiger partial charge in [0.2, 0.25) is 0 Å². The molecule has 2 amide bonds. The second kappa shape index (κ2) is 6.79. The maximum absolute atomic E-state index is 13.4. The van der Waals surface area contributed by atoms with Crippen molar-refractivity contribution in [1.82, 2.24) is 4.90 Å². The number of hydrogen-bond donors (Lipinski definition) is 2. The van der Waals surface area contributed by atoms with Gasteiger partial charge in [-0.3, -0.25) is 0 Å². The molecule has 1 aliphatic heterocycles. The highest BCUT2D eigenvalue weighted by Gasteiger charge is 2.29. The first-order valence-corrected chi connectivity index (χ1v) is 7.74. The molecule has 2 unspecified atom stereocenters. The van der Waals surface area contributed by atoms with Crippen molar-refractivity contribution in [2.24, 2.45) is 5.73 Å². The number of nitrogens with one attached hydrogen (secondary N) is 1. The van der Waals surface area contributed by atoms with Gasteiger partial charge >= 0.3 is 6.03 Å². The van der Waals surface area contributed by atoms with E-state index in [2.05, 4.69) is 5.32 Å². The fourth-order valence-electron chi connectivity index (χ4n) is 3.03. The van der Waals surface area contributed by atoms with Crippen LogP contribution in [0.5, 0.6) is 0 Å². The molecule has 0 radical (unpaired) electrons. The number of halogens is 1. The number of carbonyl (C=O) groups is 1. The number of nitrogens with two attached hydrogens (primary N) is 1. The van der Waals surface area contributed by atoms with Crippen LogP contribution in [0.15, 0.2) is 54.6 Å². The highest BCUT2D eigenvalue weighted by molar-refractivity contribution is 5.89. The Kier molecular flexibility index (Phi) is 4.57. The predicted octanol–water partition coefficient (Wildman–Crippen LogP) is 3.17. The lowest BCUT2D eigenvalue weighted by Gasteiger charge is -2.36. The summed E-state index contributed by atoms with van der Waals surface area (Å²) in [5.41, 5.74) is 7.74. The highest BCUT2D eigenvalue weighted by Crippen LogP contribution is 2.27. The van der Waals surface area contributed by atoms with E-state index < -0.39 is 0 Å². The number of urea groups is 1. The molecule has 3 rings (SSSR count). The first-order chi connectivity index (χ1) is 11.1. The molecular weight excluding hydrogens is 293 g/mol. The van der Waals surface area contributed by atoms with E-state index in [0.29, 0.717) is 13.1 Å². The van der Waals surface area contributed by atoms with E-state index in [9.17, 15) is 9.18 Å². The molecule has 0 aromatic heterocycles. The van der Waals surface area contributed by atoms with Crippen LogP contribution < -0.4 is 11.1 Å². The number of hydrogen-bond acceptors (Lipinski definition) is 2. The zero-order chi connectivity index (χ0) is 16.2. The Hall–Kier alpha value is -2.40. The molecule has 23 heavy (non-hydrogen) atoms. The number of piperidine rings is 1. The third-order valence-electron chi connectivity index (χ3n) is 4.12. The Morgan fingerprint density at radius 1 is 1.13 bits per heavy atom. The highest BCUT2D eigenvalue weighted by atomic mass is 19.1. The van der Waals surface area contributed by atoms with Crippen LogP contribution in [0.1, 0.15) is 17.9 Å². The van der Waals surface area contributed by atoms with E-state index in [1.807, 2.05) is 36.4 Å². The molecule has 4 nitrogen and oxygen atoms in total. The van der Waals surface area contributed by atoms with Crippen LogP contribution in [0.3, 0.4) is 0 Å². The smallest absolute Gasteiger partial charge is 0.321 e. The Morgan fingerprint density at radius 3 is 2.65 bits per heavy atom. The summed E-state index contributed by atoms with van der Waals surface area (Å²) < 4.78 is 13.4. The molecular formula is C18H20FN3O. The average Bonchev–Trinajstić information content (AvgIpc) is 2.55. The molecule has 1 heterocycles. The minimum Gasteiger partial charge on any atom is -0.326 e. The minimum absolute atomic E-state index is 0.0518. The summed E-state index contributed by atoms with van der Waals surface area (Å²) in [7, 11) is 0. The Labute approximate surface area is 135 Å². The topological polar surface area (TPSA) is 58.4 Å². The lowest BCUT2D eigenvalue weighted by atomic mass is 9.88. The van der Waals surface area contributed by atoms with Crippen LogP contribution in [0.2, 0.25) is 0 Å². The molecule has 0 spiro atoms. The van der Waals surface area contributed by atoms with E-state index >= 15 is 0 Å². The largest absolute Gasteiger partial charge is 0.326 e. The summed E-state index contributed by atoms with van der Waals surface area (Å²) in [5.74, 6) is -0.210. The summed E-state index contributed by atoms with van der Waals surface area (Å²) >= 11 is 0. The fraction of sp³-hybridized carbons (Fsp3) is 0.278. The molecule has 1 aliphatic rings. The molecule has 2 aromatic carbocycles. The van der Waals surface area contributed by atoms with Gasteiger partial charge in [0.25, 0.3) is 0 Å². The Morgan fingerprint density at radius 2 is 1.91 bits per heavy atom. The van der Waals surface area contributed by atoms with Gasteiger partial charge in [-0.05, 0) is 36.2 Å². The second-order valence-electron chi connectivity index (χ2n) is 5.95. The van der Waals surface area contributed by atoms with E-state index in [1.54, 1.807) is 11.0 Å². The summed E-state index contributed by atoms with van der Waals surface area (Å²) in [6.07, 6.45) is 0.749. The van der Waals surface area contributed by atoms with E-state index in [4.69, 9.17) is 5.73 Å². The maximum Gasteiger partial charge on any atom is 0.321 e. The first-order valence-electron chi connectivity index (χ1n) is 7.74. The Bertz CT molecular complexity index is 677. The standard InChI is InChI=1S/C18H20FN3O/c19-15-6-4-5-13(9-15)14-10-16(20)12-22(11-14)18(23)21-17-7-2-1-3-8-17/h1-9,14,16H,10-12,20H2,(H,21,23). The summed E-state index contributed by atoms with van der Waals surface area (Å²) in [5, 5.41) is 2.87. The lowest BCUT2D eigenvalue weighted by Crippen LogP contribution is -2.50. The summed E-state index contributed by atoms with van der Waals surface area (Å²) in [4.78, 5) is 14.1. The van der Waals surface area contributed by atoms with E-state index in [1.165, 1.54) is 12.1 Å². The molecule has 0 bridgehead atoms. The normalized spacial score (nSPS) is 21.0. The number of para-hydroxylation sites is 1. The zero-order valence-corrected chi connectivity index (χ0v) is 12.8. The first kappa shape index (κ1) is 15.5. The molecule has 0 saturated carbocycles. The van der Waals surface area contributed by atoms with Crippen LogP contribution in [0.4, 0.5) is 14.9 Å². The van der Waals surface area contributed by atoms with Gasteiger partial charge in [-0.15, -0.1) is 0 Å². The number of anilines is 1. The molecule has 5 heteroatoms. The second-order valence-corrected chi connectivity index (χ2v) is 5.95. The van der Waals surface area contributed by atoms with Gasteiger partial charge in [0.15, 0.2) is 0 Å². The molecule has 1 saturated heterocycles. The van der Waals surface area contributed by atoms with Crippen molar-refractivity contribution in [2.75, 3.05) is 18.4 Å². The van der Waals surface area contributed by atoms with Gasteiger partial charge in [-0.2, -0.15) is 0 Å². The van der Waals surface area contributed by atoms with Crippen LogP contribution in [-0.2, 0) is 0 Å². The van der Waals surface area contributed by atoms with Crippen molar-refractivity contribution in [3.8, 4) is 0 Å². The molecule has 0 aliphatic carbocycles. The van der Waals surface area contributed by atoms with Crippen molar-refractivity contribution in [3.05, 3.63) is 66.0 Å². The molecule has 2 aromatic rings. The quantitative estimate of drug-likeness (QED) is 0.894. The number of benzene rings is 2. The molecule has 2 atom stereocenters. The molecule has 120 valence electrons. The summed E-state index contributed by atoms with van der Waals surface area (Å²) in [6.45, 7) is 1.04. The van der Waals surface area contributed by atoms with Crippen molar-refractivity contribution < 1.29 is 9.18 Å². The fourth-order valence-corrected chi connectivity index (χ4v) is 3.03. The lowest BCUT2D eigenvalue weighted by molar-refractivity contribution is 0.184. The van der Waals surface area contributed by atoms with Gasteiger partial charge < -0.3 is 16.0 Å². The van der Waals surface area contributed by atoms with Crippen molar-refractivity contribution >= 4 is 11.7 Å². The minimum atomic E-state index is -0.262. The monoisotopic (exact) mass is 313 g/mol. The van der Waals surface area contributed by atoms with Crippen LogP contribution in [-0.4, -0.2) is 30.1 Å². The third kappa shape index (κ3) is 3.87. The number of amides is 2. The van der Waals surface area contributed by atoms with E-state index in [0.717, 1.165) is 17.7 Å². The number of carbonyl (C=O) groups excluding carboxylic acids is 1. The van der Waals surface area contributed by atoms with Gasteiger partial charge in [0.05, 0.1) is 0 Å². The van der Waals surface area contributed by atoms with Crippen molar-refractivity contribution in [2.45, 2.75) is 18.4 Å². The number of likely N-dealkylation sites (tertiary alicyclic amines) is 1. The van der Waals surface area contributed by atoms with Crippen LogP contribution in [0, 0.1) is 5.82 Å². The molecule has 3 N–H and O–H groups in total. The van der Waals surface area contributed by atoms with Crippen molar-refractivity contribution in [1.29, 1.82) is 0 Å². The van der Waals surface area contributed by atoms with E-state index in [-0.39, 0.29) is 23.8 Å². The average molecular weight is 313 g/mol. The number of nitrogens with zero attached hydrogens (tertiary/aromatic N) is 1. The summed E-state index contributed by atoms with van der Waals surface area (Å²) in [6, 6.07) is 15.6. The number of rotatable bonds is 2. The maximum atomic E-state index is 13.4. The van der Waals surface area contributed by atoms with Gasteiger partial charge in [-0.25, -0.2) is 9.18 Å². The van der Waals surface area contributed by atoms with Gasteiger partial charge in [0.1, 0.15) is 5.82 Å². The Balaban J connectivity index is 1.71. The third-order valence-corrected chi connectivity index (χ3v) is 4.12. The molecule has 1 fully saturated rings. The van der Waals surface area contributed by atoms with Crippen LogP contribution >= 0.6 is 0 Å². The van der Waals surface area contributed by atoms with Gasteiger partial charge in [0, 0.05) is 30.7 Å². The van der Waals surface area contributed by atoms with Crippen molar-refractivity contribution in [3.63, 3.8) is 0 Å². The SMILES string of the molecule is NC1CC(c2cccc(F)c2)CN(C(=O)Nc2ccccc2)C1.